The number of rotatable bonds is 8. The van der Waals surface area contributed by atoms with E-state index < -0.39 is 0 Å². The molecule has 0 unspecified atom stereocenters. The summed E-state index contributed by atoms with van der Waals surface area (Å²) >= 11 is 0. The van der Waals surface area contributed by atoms with Crippen molar-refractivity contribution in [3.8, 4) is 5.75 Å². The van der Waals surface area contributed by atoms with E-state index in [1.807, 2.05) is 12.1 Å². The Balaban J connectivity index is 0.00000361. The van der Waals surface area contributed by atoms with Crippen molar-refractivity contribution in [2.24, 2.45) is 5.73 Å². The first kappa shape index (κ1) is 18.7. The quantitative estimate of drug-likeness (QED) is 0.725. The van der Waals surface area contributed by atoms with Crippen molar-refractivity contribution in [3.05, 3.63) is 29.8 Å². The van der Waals surface area contributed by atoms with Gasteiger partial charge in [0.2, 0.25) is 5.91 Å². The van der Waals surface area contributed by atoms with Gasteiger partial charge in [0, 0.05) is 6.54 Å². The Kier molecular flexibility index (Phi) is 9.86. The van der Waals surface area contributed by atoms with Crippen LogP contribution in [-0.2, 0) is 4.79 Å². The van der Waals surface area contributed by atoms with E-state index in [4.69, 9.17) is 10.5 Å². The number of hydrogen-bond acceptors (Lipinski definition) is 3. The van der Waals surface area contributed by atoms with Gasteiger partial charge in [0.1, 0.15) is 5.75 Å². The van der Waals surface area contributed by atoms with Crippen molar-refractivity contribution in [1.82, 2.24) is 5.32 Å². The van der Waals surface area contributed by atoms with Crippen molar-refractivity contribution in [2.45, 2.75) is 32.6 Å². The normalized spacial score (nSPS) is 10.0. The molecule has 0 saturated carbocycles. The van der Waals surface area contributed by atoms with E-state index in [-0.39, 0.29) is 18.3 Å². The fourth-order valence-corrected chi connectivity index (χ4v) is 1.63. The largest absolute Gasteiger partial charge is 0.493 e. The fourth-order valence-electron chi connectivity index (χ4n) is 1.63. The molecule has 0 heterocycles. The molecule has 0 radical (unpaired) electrons. The number of carbonyl (C=O) groups is 1. The highest BCUT2D eigenvalue weighted by molar-refractivity contribution is 5.85. The first-order chi connectivity index (χ1) is 9.13. The minimum Gasteiger partial charge on any atom is -0.493 e. The third-order valence-electron chi connectivity index (χ3n) is 2.85. The van der Waals surface area contributed by atoms with Crippen LogP contribution in [0.3, 0.4) is 0 Å². The van der Waals surface area contributed by atoms with E-state index >= 15 is 0 Å². The van der Waals surface area contributed by atoms with E-state index in [1.165, 1.54) is 5.56 Å². The Bertz CT molecular complexity index is 380. The van der Waals surface area contributed by atoms with Crippen LogP contribution >= 0.6 is 12.4 Å². The first-order valence-corrected chi connectivity index (χ1v) is 6.83. The summed E-state index contributed by atoms with van der Waals surface area (Å²) in [5.74, 6) is 1.33. The average Bonchev–Trinajstić information content (AvgIpc) is 2.39. The highest BCUT2D eigenvalue weighted by Crippen LogP contribution is 2.18. The van der Waals surface area contributed by atoms with Crippen LogP contribution in [0.2, 0.25) is 0 Å². The van der Waals surface area contributed by atoms with Gasteiger partial charge in [0.15, 0.2) is 0 Å². The summed E-state index contributed by atoms with van der Waals surface area (Å²) in [6, 6.07) is 8.01. The Morgan fingerprint density at radius 3 is 2.50 bits per heavy atom. The van der Waals surface area contributed by atoms with Crippen molar-refractivity contribution in [2.75, 3.05) is 19.7 Å². The average molecular weight is 301 g/mol. The topological polar surface area (TPSA) is 64.3 Å². The fraction of sp³-hybridized carbons (Fsp3) is 0.533. The summed E-state index contributed by atoms with van der Waals surface area (Å²) in [7, 11) is 0. The molecule has 1 rings (SSSR count). The second kappa shape index (κ2) is 10.5. The SMILES string of the molecule is CC(C)c1ccc(OCCC(=O)NCCCN)cc1.Cl. The van der Waals surface area contributed by atoms with Crippen LogP contribution in [0.1, 0.15) is 38.2 Å². The zero-order valence-corrected chi connectivity index (χ0v) is 13.0. The molecular formula is C15H25ClN2O2. The van der Waals surface area contributed by atoms with Gasteiger partial charge in [0.25, 0.3) is 0 Å². The lowest BCUT2D eigenvalue weighted by molar-refractivity contribution is -0.121. The van der Waals surface area contributed by atoms with Crippen molar-refractivity contribution < 1.29 is 9.53 Å². The van der Waals surface area contributed by atoms with Crippen LogP contribution in [0.15, 0.2) is 24.3 Å². The van der Waals surface area contributed by atoms with Crippen molar-refractivity contribution in [3.63, 3.8) is 0 Å². The maximum Gasteiger partial charge on any atom is 0.223 e. The van der Waals surface area contributed by atoms with Crippen LogP contribution in [-0.4, -0.2) is 25.6 Å². The number of ether oxygens (including phenoxy) is 1. The first-order valence-electron chi connectivity index (χ1n) is 6.83. The Hall–Kier alpha value is -1.26. The lowest BCUT2D eigenvalue weighted by atomic mass is 10.0. The molecule has 0 aliphatic heterocycles. The summed E-state index contributed by atoms with van der Waals surface area (Å²) in [5.41, 5.74) is 6.63. The molecule has 0 aliphatic rings. The maximum absolute atomic E-state index is 11.4. The molecule has 3 N–H and O–H groups in total. The molecule has 0 spiro atoms. The third-order valence-corrected chi connectivity index (χ3v) is 2.85. The van der Waals surface area contributed by atoms with Crippen LogP contribution < -0.4 is 15.8 Å². The van der Waals surface area contributed by atoms with Gasteiger partial charge in [-0.3, -0.25) is 4.79 Å². The predicted molar refractivity (Wildman–Crippen MR) is 84.6 cm³/mol. The Morgan fingerprint density at radius 2 is 1.95 bits per heavy atom. The van der Waals surface area contributed by atoms with Gasteiger partial charge in [-0.1, -0.05) is 26.0 Å². The number of amides is 1. The molecule has 0 bridgehead atoms. The summed E-state index contributed by atoms with van der Waals surface area (Å²) in [4.78, 5) is 11.4. The molecule has 0 atom stereocenters. The molecule has 1 aromatic rings. The van der Waals surface area contributed by atoms with Gasteiger partial charge in [-0.15, -0.1) is 12.4 Å². The van der Waals surface area contributed by atoms with Crippen LogP contribution in [0.25, 0.3) is 0 Å². The summed E-state index contributed by atoms with van der Waals surface area (Å²) in [6.07, 6.45) is 1.18. The van der Waals surface area contributed by atoms with Gasteiger partial charge in [0.05, 0.1) is 13.0 Å². The molecule has 0 aromatic heterocycles. The van der Waals surface area contributed by atoms with Gasteiger partial charge in [-0.2, -0.15) is 0 Å². The van der Waals surface area contributed by atoms with E-state index in [1.54, 1.807) is 0 Å². The number of hydrogen-bond donors (Lipinski definition) is 2. The standard InChI is InChI=1S/C15H24N2O2.ClH/c1-12(2)13-4-6-14(7-5-13)19-11-8-15(18)17-10-3-9-16;/h4-7,12H,3,8-11,16H2,1-2H3,(H,17,18);1H. The van der Waals surface area contributed by atoms with Crippen LogP contribution in [0.5, 0.6) is 5.75 Å². The molecule has 1 aromatic carbocycles. The number of nitrogens with one attached hydrogen (secondary N) is 1. The van der Waals surface area contributed by atoms with Gasteiger partial charge < -0.3 is 15.8 Å². The van der Waals surface area contributed by atoms with Gasteiger partial charge in [-0.05, 0) is 36.6 Å². The minimum absolute atomic E-state index is 0. The van der Waals surface area contributed by atoms with Crippen LogP contribution in [0.4, 0.5) is 0 Å². The maximum atomic E-state index is 11.4. The lowest BCUT2D eigenvalue weighted by Gasteiger charge is -2.09. The summed E-state index contributed by atoms with van der Waals surface area (Å²) < 4.78 is 5.53. The second-order valence-electron chi connectivity index (χ2n) is 4.81. The number of nitrogens with two attached hydrogens (primary N) is 1. The van der Waals surface area contributed by atoms with E-state index in [2.05, 4.69) is 31.3 Å². The molecule has 114 valence electrons. The minimum atomic E-state index is 0. The molecule has 0 aliphatic carbocycles. The number of benzene rings is 1. The second-order valence-corrected chi connectivity index (χ2v) is 4.81. The summed E-state index contributed by atoms with van der Waals surface area (Å²) in [5, 5.41) is 2.79. The lowest BCUT2D eigenvalue weighted by Crippen LogP contribution is -2.27. The number of carbonyl (C=O) groups excluding carboxylic acids is 1. The smallest absolute Gasteiger partial charge is 0.223 e. The van der Waals surface area contributed by atoms with E-state index in [9.17, 15) is 4.79 Å². The molecule has 1 amide bonds. The molecular weight excluding hydrogens is 276 g/mol. The monoisotopic (exact) mass is 300 g/mol. The highest BCUT2D eigenvalue weighted by Gasteiger charge is 2.02. The van der Waals surface area contributed by atoms with Crippen LogP contribution in [0, 0.1) is 0 Å². The van der Waals surface area contributed by atoms with E-state index in [0.29, 0.717) is 32.0 Å². The number of halogens is 1. The van der Waals surface area contributed by atoms with Gasteiger partial charge in [-0.25, -0.2) is 0 Å². The Morgan fingerprint density at radius 1 is 1.30 bits per heavy atom. The third kappa shape index (κ3) is 7.36. The molecule has 20 heavy (non-hydrogen) atoms. The van der Waals surface area contributed by atoms with Crippen molar-refractivity contribution in [1.29, 1.82) is 0 Å². The van der Waals surface area contributed by atoms with Crippen molar-refractivity contribution >= 4 is 18.3 Å². The Labute approximate surface area is 127 Å². The molecule has 5 heteroatoms. The summed E-state index contributed by atoms with van der Waals surface area (Å²) in [6.45, 7) is 5.94. The highest BCUT2D eigenvalue weighted by atomic mass is 35.5. The predicted octanol–water partition coefficient (Wildman–Crippen LogP) is 2.47. The van der Waals surface area contributed by atoms with E-state index in [0.717, 1.165) is 12.2 Å². The molecule has 0 saturated heterocycles. The zero-order chi connectivity index (χ0) is 14.1. The molecule has 0 fully saturated rings. The molecule has 4 nitrogen and oxygen atoms in total. The van der Waals surface area contributed by atoms with Gasteiger partial charge >= 0.3 is 0 Å². The zero-order valence-electron chi connectivity index (χ0n) is 12.2.